The van der Waals surface area contributed by atoms with E-state index in [9.17, 15) is 13.2 Å². The summed E-state index contributed by atoms with van der Waals surface area (Å²) in [5.74, 6) is 0.400. The number of hydrogen-bond donors (Lipinski definition) is 2. The Morgan fingerprint density at radius 2 is 1.62 bits per heavy atom. The number of amides is 1. The Morgan fingerprint density at radius 1 is 1.00 bits per heavy atom. The second kappa shape index (κ2) is 8.70. The molecule has 0 aliphatic heterocycles. The van der Waals surface area contributed by atoms with Gasteiger partial charge in [-0.1, -0.05) is 30.3 Å². The molecular formula is C19H24N2O3S2. The largest absolute Gasteiger partial charge is 0.325 e. The summed E-state index contributed by atoms with van der Waals surface area (Å²) in [4.78, 5) is 13.4. The first kappa shape index (κ1) is 20.5. The highest BCUT2D eigenvalue weighted by Crippen LogP contribution is 2.23. The molecule has 0 atom stereocenters. The van der Waals surface area contributed by atoms with Crippen LogP contribution in [0.1, 0.15) is 27.2 Å². The van der Waals surface area contributed by atoms with E-state index in [1.807, 2.05) is 30.3 Å². The number of sulfonamides is 1. The quantitative estimate of drug-likeness (QED) is 0.701. The predicted molar refractivity (Wildman–Crippen MR) is 107 cm³/mol. The number of carbonyl (C=O) groups is 1. The Balaban J connectivity index is 2.02. The van der Waals surface area contributed by atoms with Crippen LogP contribution >= 0.6 is 11.8 Å². The van der Waals surface area contributed by atoms with Crippen molar-refractivity contribution >= 4 is 33.4 Å². The molecule has 7 heteroatoms. The van der Waals surface area contributed by atoms with Gasteiger partial charge in [0.2, 0.25) is 15.9 Å². The molecule has 1 amide bonds. The van der Waals surface area contributed by atoms with Gasteiger partial charge in [0.05, 0.1) is 5.69 Å². The van der Waals surface area contributed by atoms with Crippen LogP contribution in [0.2, 0.25) is 0 Å². The van der Waals surface area contributed by atoms with Crippen LogP contribution in [0, 0.1) is 0 Å². The van der Waals surface area contributed by atoms with Crippen molar-refractivity contribution in [2.45, 2.75) is 42.5 Å². The summed E-state index contributed by atoms with van der Waals surface area (Å²) >= 11 is 1.59. The van der Waals surface area contributed by atoms with E-state index in [1.54, 1.807) is 50.7 Å². The fraction of sp³-hybridized carbons (Fsp3) is 0.316. The molecule has 2 rings (SSSR count). The van der Waals surface area contributed by atoms with Crippen LogP contribution in [0.15, 0.2) is 64.4 Å². The topological polar surface area (TPSA) is 75.3 Å². The molecule has 0 saturated heterocycles. The zero-order valence-electron chi connectivity index (χ0n) is 15.2. The number of thioether (sulfide) groups is 1. The van der Waals surface area contributed by atoms with E-state index in [-0.39, 0.29) is 10.8 Å². The highest BCUT2D eigenvalue weighted by atomic mass is 32.2. The maximum absolute atomic E-state index is 12.6. The summed E-state index contributed by atoms with van der Waals surface area (Å²) < 4.78 is 27.8. The van der Waals surface area contributed by atoms with Crippen molar-refractivity contribution in [2.75, 3.05) is 11.1 Å². The van der Waals surface area contributed by atoms with E-state index in [4.69, 9.17) is 0 Å². The minimum atomic E-state index is -3.73. The summed E-state index contributed by atoms with van der Waals surface area (Å²) in [5.41, 5.74) is -0.318. The average molecular weight is 393 g/mol. The van der Waals surface area contributed by atoms with Gasteiger partial charge in [-0.3, -0.25) is 4.79 Å². The van der Waals surface area contributed by atoms with E-state index in [1.165, 1.54) is 6.07 Å². The summed E-state index contributed by atoms with van der Waals surface area (Å²) in [6.07, 6.45) is 0.292. The first-order valence-electron chi connectivity index (χ1n) is 8.28. The molecule has 140 valence electrons. The van der Waals surface area contributed by atoms with Gasteiger partial charge in [0.1, 0.15) is 4.90 Å². The van der Waals surface area contributed by atoms with Gasteiger partial charge in [-0.05, 0) is 45.0 Å². The lowest BCUT2D eigenvalue weighted by Crippen LogP contribution is -2.40. The second-order valence-electron chi connectivity index (χ2n) is 6.81. The summed E-state index contributed by atoms with van der Waals surface area (Å²) in [6, 6.07) is 16.2. The van der Waals surface area contributed by atoms with Crippen molar-refractivity contribution in [3.63, 3.8) is 0 Å². The molecule has 2 aromatic carbocycles. The van der Waals surface area contributed by atoms with Crippen molar-refractivity contribution in [3.05, 3.63) is 54.6 Å². The van der Waals surface area contributed by atoms with Gasteiger partial charge in [-0.2, -0.15) is 0 Å². The van der Waals surface area contributed by atoms with Crippen molar-refractivity contribution in [3.8, 4) is 0 Å². The molecule has 0 aliphatic rings. The molecule has 0 saturated carbocycles. The van der Waals surface area contributed by atoms with E-state index < -0.39 is 15.6 Å². The second-order valence-corrected chi connectivity index (χ2v) is 9.63. The standard InChI is InChI=1S/C19H24N2O3S2/c1-19(2,3)21-26(23,24)17-12-8-7-11-16(17)20-18(22)13-14-25-15-9-5-4-6-10-15/h4-12,21H,13-14H2,1-3H3,(H,20,22). The lowest BCUT2D eigenvalue weighted by atomic mass is 10.1. The smallest absolute Gasteiger partial charge is 0.243 e. The third kappa shape index (κ3) is 6.48. The zero-order valence-corrected chi connectivity index (χ0v) is 16.8. The van der Waals surface area contributed by atoms with E-state index in [0.29, 0.717) is 17.9 Å². The van der Waals surface area contributed by atoms with Gasteiger partial charge in [0.15, 0.2) is 0 Å². The van der Waals surface area contributed by atoms with Crippen LogP contribution in [0.4, 0.5) is 5.69 Å². The first-order chi connectivity index (χ1) is 12.2. The fourth-order valence-electron chi connectivity index (χ4n) is 2.25. The first-order valence-corrected chi connectivity index (χ1v) is 10.7. The number of para-hydroxylation sites is 1. The minimum Gasteiger partial charge on any atom is -0.325 e. The molecule has 0 radical (unpaired) electrons. The van der Waals surface area contributed by atoms with Crippen LogP contribution in [0.25, 0.3) is 0 Å². The molecule has 26 heavy (non-hydrogen) atoms. The van der Waals surface area contributed by atoms with Gasteiger partial charge in [0, 0.05) is 22.6 Å². The van der Waals surface area contributed by atoms with Crippen LogP contribution in [-0.2, 0) is 14.8 Å². The van der Waals surface area contributed by atoms with Gasteiger partial charge in [0.25, 0.3) is 0 Å². The van der Waals surface area contributed by atoms with E-state index >= 15 is 0 Å². The molecule has 0 aliphatic carbocycles. The number of benzene rings is 2. The van der Waals surface area contributed by atoms with Crippen molar-refractivity contribution in [2.24, 2.45) is 0 Å². The molecule has 0 aromatic heterocycles. The highest BCUT2D eigenvalue weighted by Gasteiger charge is 2.24. The predicted octanol–water partition coefficient (Wildman–Crippen LogP) is 3.88. The summed E-state index contributed by atoms with van der Waals surface area (Å²) in [7, 11) is -3.73. The van der Waals surface area contributed by atoms with E-state index in [2.05, 4.69) is 10.0 Å². The fourth-order valence-corrected chi connectivity index (χ4v) is 4.71. The van der Waals surface area contributed by atoms with Crippen molar-refractivity contribution in [1.82, 2.24) is 4.72 Å². The van der Waals surface area contributed by atoms with Crippen molar-refractivity contribution < 1.29 is 13.2 Å². The van der Waals surface area contributed by atoms with Gasteiger partial charge < -0.3 is 5.32 Å². The van der Waals surface area contributed by atoms with Gasteiger partial charge in [-0.25, -0.2) is 13.1 Å². The maximum Gasteiger partial charge on any atom is 0.243 e. The number of hydrogen-bond acceptors (Lipinski definition) is 4. The molecule has 0 fully saturated rings. The highest BCUT2D eigenvalue weighted by molar-refractivity contribution is 7.99. The Bertz CT molecular complexity index is 845. The maximum atomic E-state index is 12.6. The number of rotatable bonds is 7. The molecule has 2 N–H and O–H groups in total. The number of nitrogens with one attached hydrogen (secondary N) is 2. The lowest BCUT2D eigenvalue weighted by Gasteiger charge is -2.21. The normalized spacial score (nSPS) is 12.0. The molecule has 0 heterocycles. The molecule has 0 unspecified atom stereocenters. The molecule has 2 aromatic rings. The van der Waals surface area contributed by atoms with Crippen molar-refractivity contribution in [1.29, 1.82) is 0 Å². The summed E-state index contributed by atoms with van der Waals surface area (Å²) in [5, 5.41) is 2.72. The van der Waals surface area contributed by atoms with Crippen LogP contribution in [0.3, 0.4) is 0 Å². The Labute approximate surface area is 159 Å². The Hall–Kier alpha value is -1.83. The minimum absolute atomic E-state index is 0.0685. The molecule has 0 spiro atoms. The van der Waals surface area contributed by atoms with Crippen LogP contribution in [0.5, 0.6) is 0 Å². The van der Waals surface area contributed by atoms with E-state index in [0.717, 1.165) is 4.90 Å². The third-order valence-electron chi connectivity index (χ3n) is 3.23. The zero-order chi connectivity index (χ0) is 19.2. The average Bonchev–Trinajstić information content (AvgIpc) is 2.54. The van der Waals surface area contributed by atoms with Crippen LogP contribution < -0.4 is 10.0 Å². The number of carbonyl (C=O) groups excluding carboxylic acids is 1. The Kier molecular flexibility index (Phi) is 6.86. The lowest BCUT2D eigenvalue weighted by molar-refractivity contribution is -0.115. The van der Waals surface area contributed by atoms with Gasteiger partial charge in [-0.15, -0.1) is 11.8 Å². The third-order valence-corrected chi connectivity index (χ3v) is 6.06. The molecule has 0 bridgehead atoms. The Morgan fingerprint density at radius 3 is 2.27 bits per heavy atom. The van der Waals surface area contributed by atoms with Crippen LogP contribution in [-0.4, -0.2) is 25.6 Å². The molecule has 5 nitrogen and oxygen atoms in total. The SMILES string of the molecule is CC(C)(C)NS(=O)(=O)c1ccccc1NC(=O)CCSc1ccccc1. The van der Waals surface area contributed by atoms with Gasteiger partial charge >= 0.3 is 0 Å². The summed E-state index contributed by atoms with van der Waals surface area (Å²) in [6.45, 7) is 5.31. The molecular weight excluding hydrogens is 368 g/mol. The number of anilines is 1. The monoisotopic (exact) mass is 392 g/mol.